The number of carbonyl (C=O) groups is 1. The average Bonchev–Trinajstić information content (AvgIpc) is 2.81. The fourth-order valence-electron chi connectivity index (χ4n) is 4.32. The lowest BCUT2D eigenvalue weighted by atomic mass is 9.76. The second-order valence-electron chi connectivity index (χ2n) is 7.87. The van der Waals surface area contributed by atoms with Crippen molar-refractivity contribution in [2.24, 2.45) is 5.73 Å². The van der Waals surface area contributed by atoms with Gasteiger partial charge in [-0.15, -0.1) is 0 Å². The first kappa shape index (κ1) is 21.8. The number of hydrogen-bond donors (Lipinski definition) is 1. The quantitative estimate of drug-likeness (QED) is 0.714. The average molecular weight is 450 g/mol. The summed E-state index contributed by atoms with van der Waals surface area (Å²) >= 11 is 5.94. The highest BCUT2D eigenvalue weighted by Crippen LogP contribution is 2.45. The Morgan fingerprint density at radius 2 is 1.94 bits per heavy atom. The SMILES string of the molecule is COc1cc([C@@H]2C(C#N)=C(N)N(C)C3=C2C(=O)CCC3)ccc1OCc1ccc(Cl)cc1. The van der Waals surface area contributed by atoms with Gasteiger partial charge in [0.1, 0.15) is 12.4 Å². The zero-order valence-corrected chi connectivity index (χ0v) is 18.8. The number of carbonyl (C=O) groups excluding carboxylic acids is 1. The van der Waals surface area contributed by atoms with Crippen molar-refractivity contribution in [1.29, 1.82) is 5.26 Å². The van der Waals surface area contributed by atoms with Crippen LogP contribution in [0.4, 0.5) is 0 Å². The van der Waals surface area contributed by atoms with Gasteiger partial charge in [-0.05, 0) is 48.2 Å². The van der Waals surface area contributed by atoms with Crippen molar-refractivity contribution in [1.82, 2.24) is 4.90 Å². The monoisotopic (exact) mass is 449 g/mol. The van der Waals surface area contributed by atoms with Gasteiger partial charge in [-0.1, -0.05) is 29.8 Å². The predicted octanol–water partition coefficient (Wildman–Crippen LogP) is 4.66. The third kappa shape index (κ3) is 3.92. The zero-order chi connectivity index (χ0) is 22.8. The number of hydrogen-bond acceptors (Lipinski definition) is 6. The summed E-state index contributed by atoms with van der Waals surface area (Å²) in [6.45, 7) is 0.352. The molecule has 0 radical (unpaired) electrons. The Balaban J connectivity index is 1.70. The van der Waals surface area contributed by atoms with E-state index < -0.39 is 5.92 Å². The molecule has 0 saturated carbocycles. The smallest absolute Gasteiger partial charge is 0.161 e. The molecule has 2 aromatic carbocycles. The number of rotatable bonds is 5. The highest BCUT2D eigenvalue weighted by Gasteiger charge is 2.38. The molecule has 1 aliphatic heterocycles. The Morgan fingerprint density at radius 1 is 1.19 bits per heavy atom. The van der Waals surface area contributed by atoms with Gasteiger partial charge in [0.05, 0.1) is 24.7 Å². The molecule has 1 atom stereocenters. The van der Waals surface area contributed by atoms with Crippen LogP contribution in [0.5, 0.6) is 11.5 Å². The molecule has 6 nitrogen and oxygen atoms in total. The van der Waals surface area contributed by atoms with Crippen LogP contribution in [-0.2, 0) is 11.4 Å². The largest absolute Gasteiger partial charge is 0.493 e. The Kier molecular flexibility index (Phi) is 6.11. The number of ether oxygens (including phenoxy) is 2. The number of nitrogens with two attached hydrogens (primary N) is 1. The number of Topliss-reactive ketones (excluding diaryl/α,β-unsaturated/α-hetero) is 1. The van der Waals surface area contributed by atoms with E-state index in [0.717, 1.165) is 29.7 Å². The first-order chi connectivity index (χ1) is 15.4. The Bertz CT molecular complexity index is 1160. The van der Waals surface area contributed by atoms with Crippen LogP contribution in [0.3, 0.4) is 0 Å². The van der Waals surface area contributed by atoms with E-state index in [0.29, 0.717) is 46.5 Å². The number of ketones is 1. The van der Waals surface area contributed by atoms with Crippen LogP contribution >= 0.6 is 11.6 Å². The molecule has 4 rings (SSSR count). The summed E-state index contributed by atoms with van der Waals surface area (Å²) in [7, 11) is 3.37. The van der Waals surface area contributed by atoms with Gasteiger partial charge in [-0.25, -0.2) is 0 Å². The number of halogens is 1. The Hall–Kier alpha value is -3.43. The van der Waals surface area contributed by atoms with Gasteiger partial charge in [-0.2, -0.15) is 5.26 Å². The Labute approximate surface area is 192 Å². The molecule has 0 unspecified atom stereocenters. The van der Waals surface area contributed by atoms with Gasteiger partial charge in [0.15, 0.2) is 17.3 Å². The summed E-state index contributed by atoms with van der Waals surface area (Å²) < 4.78 is 11.5. The first-order valence-electron chi connectivity index (χ1n) is 10.4. The minimum atomic E-state index is -0.516. The molecule has 1 aliphatic carbocycles. The zero-order valence-electron chi connectivity index (χ0n) is 18.0. The van der Waals surface area contributed by atoms with Crippen molar-refractivity contribution in [3.05, 3.63) is 81.3 Å². The lowest BCUT2D eigenvalue weighted by molar-refractivity contribution is -0.116. The normalized spacial score (nSPS) is 18.4. The fourth-order valence-corrected chi connectivity index (χ4v) is 4.45. The molecule has 0 bridgehead atoms. The van der Waals surface area contributed by atoms with Gasteiger partial charge >= 0.3 is 0 Å². The number of nitriles is 1. The highest BCUT2D eigenvalue weighted by molar-refractivity contribution is 6.30. The predicted molar refractivity (Wildman–Crippen MR) is 122 cm³/mol. The molecule has 2 aliphatic rings. The van der Waals surface area contributed by atoms with E-state index in [2.05, 4.69) is 6.07 Å². The van der Waals surface area contributed by atoms with Crippen LogP contribution in [0.15, 0.2) is 65.1 Å². The maximum atomic E-state index is 12.9. The van der Waals surface area contributed by atoms with Crippen molar-refractivity contribution >= 4 is 17.4 Å². The van der Waals surface area contributed by atoms with Gasteiger partial charge in [0.25, 0.3) is 0 Å². The van der Waals surface area contributed by atoms with Crippen LogP contribution in [0.2, 0.25) is 5.02 Å². The highest BCUT2D eigenvalue weighted by atomic mass is 35.5. The number of nitrogens with zero attached hydrogens (tertiary/aromatic N) is 2. The van der Waals surface area contributed by atoms with E-state index in [1.807, 2.05) is 43.4 Å². The number of methoxy groups -OCH3 is 1. The molecule has 0 aromatic heterocycles. The molecule has 2 aromatic rings. The van der Waals surface area contributed by atoms with Crippen molar-refractivity contribution in [2.45, 2.75) is 31.8 Å². The standard InChI is InChI=1S/C25H24ClN3O3/c1-29-19-4-3-5-20(30)24(19)23(18(13-27)25(29)28)16-8-11-21(22(12-16)31-2)32-14-15-6-9-17(26)10-7-15/h6-12,23H,3-5,14,28H2,1-2H3/t23-/m1/s1. The van der Waals surface area contributed by atoms with Gasteiger partial charge in [-0.3, -0.25) is 4.79 Å². The van der Waals surface area contributed by atoms with Crippen molar-refractivity contribution in [3.8, 4) is 17.6 Å². The second-order valence-corrected chi connectivity index (χ2v) is 8.30. The molecular formula is C25H24ClN3O3. The summed E-state index contributed by atoms with van der Waals surface area (Å²) in [6.07, 6.45) is 2.01. The molecule has 2 N–H and O–H groups in total. The van der Waals surface area contributed by atoms with Crippen LogP contribution in [-0.4, -0.2) is 24.8 Å². The summed E-state index contributed by atoms with van der Waals surface area (Å²) in [5, 5.41) is 10.6. The molecule has 0 saturated heterocycles. The summed E-state index contributed by atoms with van der Waals surface area (Å²) in [4.78, 5) is 14.7. The maximum absolute atomic E-state index is 12.9. The second kappa shape index (κ2) is 8.97. The summed E-state index contributed by atoms with van der Waals surface area (Å²) in [5.41, 5.74) is 9.98. The van der Waals surface area contributed by atoms with E-state index in [9.17, 15) is 10.1 Å². The minimum Gasteiger partial charge on any atom is -0.493 e. The molecular weight excluding hydrogens is 426 g/mol. The third-order valence-electron chi connectivity index (χ3n) is 6.00. The molecule has 1 heterocycles. The number of benzene rings is 2. The molecule has 32 heavy (non-hydrogen) atoms. The van der Waals surface area contributed by atoms with Gasteiger partial charge in [0.2, 0.25) is 0 Å². The summed E-state index contributed by atoms with van der Waals surface area (Å²) in [5.74, 6) is 1.02. The van der Waals surface area contributed by atoms with E-state index in [-0.39, 0.29) is 5.78 Å². The molecule has 7 heteroatoms. The van der Waals surface area contributed by atoms with Crippen LogP contribution in [0.1, 0.15) is 36.3 Å². The fraction of sp³-hybridized carbons (Fsp3) is 0.280. The van der Waals surface area contributed by atoms with Crippen LogP contribution < -0.4 is 15.2 Å². The van der Waals surface area contributed by atoms with Crippen molar-refractivity contribution in [2.75, 3.05) is 14.2 Å². The molecule has 0 spiro atoms. The van der Waals surface area contributed by atoms with Crippen LogP contribution in [0, 0.1) is 11.3 Å². The van der Waals surface area contributed by atoms with E-state index in [4.69, 9.17) is 26.8 Å². The van der Waals surface area contributed by atoms with Crippen molar-refractivity contribution in [3.63, 3.8) is 0 Å². The molecule has 0 fully saturated rings. The van der Waals surface area contributed by atoms with Crippen molar-refractivity contribution < 1.29 is 14.3 Å². The minimum absolute atomic E-state index is 0.0605. The third-order valence-corrected chi connectivity index (χ3v) is 6.25. The topological polar surface area (TPSA) is 88.6 Å². The number of allylic oxidation sites excluding steroid dienone is 3. The first-order valence-corrected chi connectivity index (χ1v) is 10.8. The van der Waals surface area contributed by atoms with Crippen LogP contribution in [0.25, 0.3) is 0 Å². The summed E-state index contributed by atoms with van der Waals surface area (Å²) in [6, 6.07) is 15.2. The lowest BCUT2D eigenvalue weighted by Gasteiger charge is -2.37. The van der Waals surface area contributed by atoms with Gasteiger partial charge in [0, 0.05) is 29.8 Å². The van der Waals surface area contributed by atoms with E-state index in [1.165, 1.54) is 0 Å². The maximum Gasteiger partial charge on any atom is 0.161 e. The molecule has 164 valence electrons. The van der Waals surface area contributed by atoms with E-state index >= 15 is 0 Å². The Morgan fingerprint density at radius 3 is 2.62 bits per heavy atom. The molecule has 0 amide bonds. The lowest BCUT2D eigenvalue weighted by Crippen LogP contribution is -2.36. The van der Waals surface area contributed by atoms with E-state index in [1.54, 1.807) is 18.1 Å². The van der Waals surface area contributed by atoms with Gasteiger partial charge < -0.3 is 20.1 Å².